The lowest BCUT2D eigenvalue weighted by molar-refractivity contribution is 0.282. The molecular weight excluding hydrogens is 270 g/mol. The molecule has 1 aliphatic rings. The molecule has 1 aromatic rings. The maximum atomic E-state index is 6.16. The summed E-state index contributed by atoms with van der Waals surface area (Å²) in [6.07, 6.45) is 10.3. The number of hydrogen-bond donors (Lipinski definition) is 1. The van der Waals surface area contributed by atoms with Crippen LogP contribution < -0.4 is 5.32 Å². The smallest absolute Gasteiger partial charge is 0.137 e. The van der Waals surface area contributed by atoms with Crippen LogP contribution in [0.25, 0.3) is 0 Å². The number of halogens is 1. The molecule has 0 saturated heterocycles. The SMILES string of the molecule is CCCc1c(Cl)ncnc1NCCC1CCC(C)CC1. The molecule has 20 heavy (non-hydrogen) atoms. The summed E-state index contributed by atoms with van der Waals surface area (Å²) in [5.41, 5.74) is 1.06. The summed E-state index contributed by atoms with van der Waals surface area (Å²) in [5.74, 6) is 2.73. The van der Waals surface area contributed by atoms with Crippen molar-refractivity contribution >= 4 is 17.4 Å². The Bertz CT molecular complexity index is 414. The van der Waals surface area contributed by atoms with Crippen LogP contribution in [0.3, 0.4) is 0 Å². The highest BCUT2D eigenvalue weighted by Crippen LogP contribution is 2.30. The molecule has 0 bridgehead atoms. The molecule has 1 fully saturated rings. The zero-order chi connectivity index (χ0) is 14.4. The number of nitrogens with zero attached hydrogens (tertiary/aromatic N) is 2. The Kier molecular flexibility index (Phi) is 6.08. The third-order valence-corrected chi connectivity index (χ3v) is 4.70. The van der Waals surface area contributed by atoms with Crippen LogP contribution in [0.5, 0.6) is 0 Å². The zero-order valence-corrected chi connectivity index (χ0v) is 13.4. The van der Waals surface area contributed by atoms with Crippen molar-refractivity contribution in [3.63, 3.8) is 0 Å². The lowest BCUT2D eigenvalue weighted by atomic mass is 9.81. The molecule has 0 atom stereocenters. The minimum Gasteiger partial charge on any atom is -0.370 e. The Balaban J connectivity index is 1.83. The standard InChI is InChI=1S/C16H26ClN3/c1-3-4-14-15(17)19-11-20-16(14)18-10-9-13-7-5-12(2)6-8-13/h11-13H,3-10H2,1-2H3,(H,18,19,20). The van der Waals surface area contributed by atoms with Gasteiger partial charge in [-0.05, 0) is 24.7 Å². The van der Waals surface area contributed by atoms with Gasteiger partial charge in [0.1, 0.15) is 17.3 Å². The van der Waals surface area contributed by atoms with Gasteiger partial charge in [-0.2, -0.15) is 0 Å². The van der Waals surface area contributed by atoms with Crippen molar-refractivity contribution in [1.82, 2.24) is 9.97 Å². The van der Waals surface area contributed by atoms with Crippen molar-refractivity contribution in [2.24, 2.45) is 11.8 Å². The van der Waals surface area contributed by atoms with Gasteiger partial charge in [-0.3, -0.25) is 0 Å². The Morgan fingerprint density at radius 3 is 2.70 bits per heavy atom. The molecule has 0 amide bonds. The number of anilines is 1. The first-order chi connectivity index (χ1) is 9.70. The van der Waals surface area contributed by atoms with Crippen LogP contribution in [0, 0.1) is 11.8 Å². The Morgan fingerprint density at radius 1 is 1.25 bits per heavy atom. The van der Waals surface area contributed by atoms with Gasteiger partial charge in [0.15, 0.2) is 0 Å². The van der Waals surface area contributed by atoms with Crippen molar-refractivity contribution < 1.29 is 0 Å². The minimum absolute atomic E-state index is 0.593. The molecule has 1 N–H and O–H groups in total. The van der Waals surface area contributed by atoms with E-state index >= 15 is 0 Å². The van der Waals surface area contributed by atoms with Gasteiger partial charge in [0.2, 0.25) is 0 Å². The van der Waals surface area contributed by atoms with Crippen LogP contribution in [0.1, 0.15) is 57.9 Å². The average molecular weight is 296 g/mol. The van der Waals surface area contributed by atoms with Crippen LogP contribution in [-0.2, 0) is 6.42 Å². The van der Waals surface area contributed by atoms with Gasteiger partial charge in [-0.25, -0.2) is 9.97 Å². The van der Waals surface area contributed by atoms with E-state index in [0.717, 1.165) is 42.6 Å². The second kappa shape index (κ2) is 7.82. The number of hydrogen-bond acceptors (Lipinski definition) is 3. The minimum atomic E-state index is 0.593. The normalized spacial score (nSPS) is 22.8. The molecule has 0 aliphatic heterocycles. The molecule has 112 valence electrons. The number of nitrogens with one attached hydrogen (secondary N) is 1. The van der Waals surface area contributed by atoms with Crippen LogP contribution in [0.4, 0.5) is 5.82 Å². The second-order valence-electron chi connectivity index (χ2n) is 6.08. The van der Waals surface area contributed by atoms with Crippen molar-refractivity contribution in [1.29, 1.82) is 0 Å². The Hall–Kier alpha value is -0.830. The first-order valence-electron chi connectivity index (χ1n) is 7.94. The number of rotatable bonds is 6. The predicted octanol–water partition coefficient (Wildman–Crippen LogP) is 4.71. The Labute approximate surface area is 127 Å². The van der Waals surface area contributed by atoms with Gasteiger partial charge in [0, 0.05) is 12.1 Å². The van der Waals surface area contributed by atoms with E-state index in [1.165, 1.54) is 32.1 Å². The van der Waals surface area contributed by atoms with Gasteiger partial charge in [0.05, 0.1) is 0 Å². The van der Waals surface area contributed by atoms with E-state index in [1.54, 1.807) is 6.33 Å². The third-order valence-electron chi connectivity index (χ3n) is 4.37. The second-order valence-corrected chi connectivity index (χ2v) is 6.44. The van der Waals surface area contributed by atoms with Crippen LogP contribution in [-0.4, -0.2) is 16.5 Å². The molecule has 0 radical (unpaired) electrons. The van der Waals surface area contributed by atoms with E-state index < -0.39 is 0 Å². The fraction of sp³-hybridized carbons (Fsp3) is 0.750. The van der Waals surface area contributed by atoms with E-state index in [0.29, 0.717) is 5.15 Å². The Morgan fingerprint density at radius 2 is 2.00 bits per heavy atom. The molecule has 0 spiro atoms. The molecule has 0 aromatic carbocycles. The fourth-order valence-corrected chi connectivity index (χ4v) is 3.25. The molecule has 1 saturated carbocycles. The number of aromatic nitrogens is 2. The lowest BCUT2D eigenvalue weighted by Gasteiger charge is -2.26. The monoisotopic (exact) mass is 295 g/mol. The molecule has 1 aliphatic carbocycles. The molecule has 3 nitrogen and oxygen atoms in total. The molecule has 4 heteroatoms. The largest absolute Gasteiger partial charge is 0.370 e. The summed E-state index contributed by atoms with van der Waals surface area (Å²) in [5, 5.41) is 4.06. The summed E-state index contributed by atoms with van der Waals surface area (Å²) in [6, 6.07) is 0. The fourth-order valence-electron chi connectivity index (χ4n) is 3.03. The van der Waals surface area contributed by atoms with Gasteiger partial charge >= 0.3 is 0 Å². The highest BCUT2D eigenvalue weighted by atomic mass is 35.5. The van der Waals surface area contributed by atoms with Crippen molar-refractivity contribution in [3.05, 3.63) is 17.0 Å². The highest BCUT2D eigenvalue weighted by Gasteiger charge is 2.18. The molecule has 2 rings (SSSR count). The van der Waals surface area contributed by atoms with E-state index in [4.69, 9.17) is 11.6 Å². The van der Waals surface area contributed by atoms with Crippen LogP contribution >= 0.6 is 11.6 Å². The predicted molar refractivity (Wildman–Crippen MR) is 85.3 cm³/mol. The van der Waals surface area contributed by atoms with Gasteiger partial charge in [0.25, 0.3) is 0 Å². The third kappa shape index (κ3) is 4.34. The molecule has 0 unspecified atom stereocenters. The van der Waals surface area contributed by atoms with Crippen LogP contribution in [0.2, 0.25) is 5.15 Å². The summed E-state index contributed by atoms with van der Waals surface area (Å²) >= 11 is 6.16. The van der Waals surface area contributed by atoms with Crippen molar-refractivity contribution in [2.75, 3.05) is 11.9 Å². The van der Waals surface area contributed by atoms with Crippen LogP contribution in [0.15, 0.2) is 6.33 Å². The highest BCUT2D eigenvalue weighted by molar-refractivity contribution is 6.30. The first kappa shape index (κ1) is 15.6. The summed E-state index contributed by atoms with van der Waals surface area (Å²) in [7, 11) is 0. The van der Waals surface area contributed by atoms with Gasteiger partial charge in [-0.15, -0.1) is 0 Å². The summed E-state index contributed by atoms with van der Waals surface area (Å²) < 4.78 is 0. The summed E-state index contributed by atoms with van der Waals surface area (Å²) in [6.45, 7) is 5.51. The van der Waals surface area contributed by atoms with Crippen molar-refractivity contribution in [3.8, 4) is 0 Å². The maximum Gasteiger partial charge on any atom is 0.137 e. The summed E-state index contributed by atoms with van der Waals surface area (Å²) in [4.78, 5) is 8.43. The van der Waals surface area contributed by atoms with Gasteiger partial charge < -0.3 is 5.32 Å². The van der Waals surface area contributed by atoms with Gasteiger partial charge in [-0.1, -0.05) is 57.6 Å². The lowest BCUT2D eigenvalue weighted by Crippen LogP contribution is -2.16. The average Bonchev–Trinajstić information content (AvgIpc) is 2.45. The maximum absolute atomic E-state index is 6.16. The van der Waals surface area contributed by atoms with E-state index in [1.807, 2.05) is 0 Å². The van der Waals surface area contributed by atoms with E-state index in [2.05, 4.69) is 29.1 Å². The topological polar surface area (TPSA) is 37.8 Å². The molecular formula is C16H26ClN3. The van der Waals surface area contributed by atoms with E-state index in [9.17, 15) is 0 Å². The first-order valence-corrected chi connectivity index (χ1v) is 8.31. The zero-order valence-electron chi connectivity index (χ0n) is 12.7. The quantitative estimate of drug-likeness (QED) is 0.772. The molecule has 1 heterocycles. The van der Waals surface area contributed by atoms with Crippen molar-refractivity contribution in [2.45, 2.75) is 58.8 Å². The van der Waals surface area contributed by atoms with E-state index in [-0.39, 0.29) is 0 Å². The molecule has 1 aromatic heterocycles.